The molecular weight excluding hydrogens is 284 g/mol. The van der Waals surface area contributed by atoms with Gasteiger partial charge in [0.15, 0.2) is 0 Å². The first-order valence-corrected chi connectivity index (χ1v) is 7.60. The van der Waals surface area contributed by atoms with Gasteiger partial charge in [0.05, 0.1) is 11.2 Å². The van der Waals surface area contributed by atoms with Gasteiger partial charge < -0.3 is 14.6 Å². The van der Waals surface area contributed by atoms with E-state index in [4.69, 9.17) is 9.31 Å². The summed E-state index contributed by atoms with van der Waals surface area (Å²) in [5, 5.41) is 3.62. The Morgan fingerprint density at radius 2 is 1.62 bits per heavy atom. The van der Waals surface area contributed by atoms with Crippen molar-refractivity contribution in [3.05, 3.63) is 24.3 Å². The monoisotopic (exact) mass is 309 g/mol. The Kier molecular flexibility index (Phi) is 4.62. The highest BCUT2D eigenvalue weighted by Gasteiger charge is 2.52. The number of hydrogen-bond donors (Lipinski definition) is 1. The van der Waals surface area contributed by atoms with Crippen LogP contribution in [0.3, 0.4) is 0 Å². The van der Waals surface area contributed by atoms with E-state index in [-0.39, 0.29) is 30.7 Å². The lowest BCUT2D eigenvalue weighted by Crippen LogP contribution is -2.41. The van der Waals surface area contributed by atoms with Crippen molar-refractivity contribution in [1.82, 2.24) is 0 Å². The number of nitrogens with one attached hydrogen (secondary N) is 1. The van der Waals surface area contributed by atoms with Crippen molar-refractivity contribution in [2.75, 3.05) is 5.32 Å². The summed E-state index contributed by atoms with van der Waals surface area (Å²) in [5.41, 5.74) is 1.68. The van der Waals surface area contributed by atoms with Crippen LogP contribution in [0.1, 0.15) is 47.0 Å². The molecule has 116 valence electrons. The number of hydrogen-bond acceptors (Lipinski definition) is 3. The molecule has 0 amide bonds. The van der Waals surface area contributed by atoms with Crippen molar-refractivity contribution in [1.29, 1.82) is 0 Å². The third-order valence-electron chi connectivity index (χ3n) is 4.93. The standard InChI is InChI=1S/C16H24BNO2.ClH/c1-15(2)16(3,4)20-17(19-15)13-10-5-6-11-14(13)18-12-8-7-9-12;/h5-6,10-12,18H,7-9H2,1-4H3;1H. The molecule has 2 fully saturated rings. The molecular formula is C16H25BClNO2. The van der Waals surface area contributed by atoms with Crippen LogP contribution in [0.2, 0.25) is 0 Å². The molecule has 0 bridgehead atoms. The highest BCUT2D eigenvalue weighted by Crippen LogP contribution is 2.37. The molecule has 1 aliphatic carbocycles. The molecule has 2 aliphatic rings. The summed E-state index contributed by atoms with van der Waals surface area (Å²) >= 11 is 0. The lowest BCUT2D eigenvalue weighted by atomic mass is 9.77. The average molecular weight is 310 g/mol. The molecule has 21 heavy (non-hydrogen) atoms. The van der Waals surface area contributed by atoms with E-state index >= 15 is 0 Å². The predicted molar refractivity (Wildman–Crippen MR) is 90.7 cm³/mol. The normalized spacial score (nSPS) is 23.3. The van der Waals surface area contributed by atoms with Gasteiger partial charge in [-0.3, -0.25) is 0 Å². The summed E-state index contributed by atoms with van der Waals surface area (Å²) in [7, 11) is -0.288. The van der Waals surface area contributed by atoms with Gasteiger partial charge in [-0.2, -0.15) is 0 Å². The Balaban J connectivity index is 0.00000161. The molecule has 3 rings (SSSR count). The van der Waals surface area contributed by atoms with E-state index in [1.54, 1.807) is 0 Å². The fourth-order valence-electron chi connectivity index (χ4n) is 2.58. The maximum atomic E-state index is 6.16. The zero-order valence-electron chi connectivity index (χ0n) is 13.3. The average Bonchev–Trinajstić information content (AvgIpc) is 2.54. The minimum Gasteiger partial charge on any atom is -0.399 e. The number of halogens is 1. The van der Waals surface area contributed by atoms with E-state index in [9.17, 15) is 0 Å². The predicted octanol–water partition coefficient (Wildman–Crippen LogP) is 3.37. The molecule has 0 atom stereocenters. The smallest absolute Gasteiger partial charge is 0.399 e. The molecule has 1 aromatic carbocycles. The summed E-state index contributed by atoms with van der Waals surface area (Å²) in [5.74, 6) is 0. The summed E-state index contributed by atoms with van der Waals surface area (Å²) < 4.78 is 12.3. The highest BCUT2D eigenvalue weighted by atomic mass is 35.5. The molecule has 1 saturated carbocycles. The Morgan fingerprint density at radius 1 is 1.05 bits per heavy atom. The number of rotatable bonds is 3. The minimum atomic E-state index is -0.290. The van der Waals surface area contributed by atoms with Gasteiger partial charge in [-0.15, -0.1) is 12.4 Å². The van der Waals surface area contributed by atoms with Crippen LogP contribution in [0.5, 0.6) is 0 Å². The zero-order valence-corrected chi connectivity index (χ0v) is 14.1. The molecule has 1 saturated heterocycles. The van der Waals surface area contributed by atoms with Crippen molar-refractivity contribution in [2.24, 2.45) is 0 Å². The fourth-order valence-corrected chi connectivity index (χ4v) is 2.58. The number of anilines is 1. The van der Waals surface area contributed by atoms with Crippen LogP contribution in [0.15, 0.2) is 24.3 Å². The van der Waals surface area contributed by atoms with Crippen molar-refractivity contribution in [3.8, 4) is 0 Å². The first-order chi connectivity index (χ1) is 9.39. The second-order valence-corrected chi connectivity index (χ2v) is 6.95. The van der Waals surface area contributed by atoms with E-state index in [0.717, 1.165) is 11.2 Å². The molecule has 0 spiro atoms. The summed E-state index contributed by atoms with van der Waals surface area (Å²) in [6, 6.07) is 8.95. The second-order valence-electron chi connectivity index (χ2n) is 6.95. The van der Waals surface area contributed by atoms with Gasteiger partial charge in [-0.25, -0.2) is 0 Å². The second kappa shape index (κ2) is 5.83. The van der Waals surface area contributed by atoms with Gasteiger partial charge in [0.1, 0.15) is 0 Å². The van der Waals surface area contributed by atoms with E-state index in [0.29, 0.717) is 6.04 Å². The van der Waals surface area contributed by atoms with Gasteiger partial charge in [-0.1, -0.05) is 18.2 Å². The first kappa shape index (κ1) is 16.7. The van der Waals surface area contributed by atoms with Crippen molar-refractivity contribution >= 4 is 30.7 Å². The van der Waals surface area contributed by atoms with Gasteiger partial charge in [0.2, 0.25) is 0 Å². The fraction of sp³-hybridized carbons (Fsp3) is 0.625. The molecule has 0 unspecified atom stereocenters. The van der Waals surface area contributed by atoms with Crippen LogP contribution < -0.4 is 10.8 Å². The van der Waals surface area contributed by atoms with Crippen LogP contribution in [-0.4, -0.2) is 24.4 Å². The highest BCUT2D eigenvalue weighted by molar-refractivity contribution is 6.63. The van der Waals surface area contributed by atoms with Gasteiger partial charge in [0.25, 0.3) is 0 Å². The van der Waals surface area contributed by atoms with E-state index < -0.39 is 0 Å². The minimum absolute atomic E-state index is 0. The molecule has 1 heterocycles. The van der Waals surface area contributed by atoms with Gasteiger partial charge in [0, 0.05) is 17.2 Å². The zero-order chi connectivity index (χ0) is 14.4. The lowest BCUT2D eigenvalue weighted by molar-refractivity contribution is 0.00578. The first-order valence-electron chi connectivity index (χ1n) is 7.60. The maximum absolute atomic E-state index is 6.16. The third kappa shape index (κ3) is 3.08. The van der Waals surface area contributed by atoms with Crippen molar-refractivity contribution in [2.45, 2.75) is 64.2 Å². The molecule has 0 aromatic heterocycles. The van der Waals surface area contributed by atoms with E-state index in [1.807, 2.05) is 6.07 Å². The van der Waals surface area contributed by atoms with Crippen LogP contribution in [0.4, 0.5) is 5.69 Å². The van der Waals surface area contributed by atoms with Gasteiger partial charge in [-0.05, 0) is 53.0 Å². The Morgan fingerprint density at radius 3 is 2.14 bits per heavy atom. The van der Waals surface area contributed by atoms with Crippen LogP contribution in [-0.2, 0) is 9.31 Å². The molecule has 5 heteroatoms. The SMILES string of the molecule is CC1(C)OB(c2ccccc2NC2CCC2)OC1(C)C.Cl. The topological polar surface area (TPSA) is 30.5 Å². The number of benzene rings is 1. The molecule has 0 radical (unpaired) electrons. The van der Waals surface area contributed by atoms with Crippen molar-refractivity contribution < 1.29 is 9.31 Å². The Labute approximate surface area is 134 Å². The Hall–Kier alpha value is -0.705. The lowest BCUT2D eigenvalue weighted by Gasteiger charge is -2.32. The summed E-state index contributed by atoms with van der Waals surface area (Å²) in [6.07, 6.45) is 3.85. The van der Waals surface area contributed by atoms with E-state index in [1.165, 1.54) is 19.3 Å². The molecule has 3 nitrogen and oxygen atoms in total. The van der Waals surface area contributed by atoms with Crippen molar-refractivity contribution in [3.63, 3.8) is 0 Å². The van der Waals surface area contributed by atoms with E-state index in [2.05, 4.69) is 51.2 Å². The molecule has 1 aliphatic heterocycles. The molecule has 1 N–H and O–H groups in total. The maximum Gasteiger partial charge on any atom is 0.496 e. The third-order valence-corrected chi connectivity index (χ3v) is 4.93. The molecule has 1 aromatic rings. The van der Waals surface area contributed by atoms with Crippen LogP contribution in [0, 0.1) is 0 Å². The largest absolute Gasteiger partial charge is 0.496 e. The van der Waals surface area contributed by atoms with Crippen LogP contribution in [0.25, 0.3) is 0 Å². The quantitative estimate of drug-likeness (QED) is 0.868. The van der Waals surface area contributed by atoms with Gasteiger partial charge >= 0.3 is 7.12 Å². The summed E-state index contributed by atoms with van der Waals surface area (Å²) in [6.45, 7) is 8.37. The number of para-hydroxylation sites is 1. The van der Waals surface area contributed by atoms with Crippen LogP contribution >= 0.6 is 12.4 Å². The Bertz CT molecular complexity index is 487. The summed E-state index contributed by atoms with van der Waals surface area (Å²) in [4.78, 5) is 0.